The molecule has 1 aliphatic rings. The van der Waals surface area contributed by atoms with Gasteiger partial charge in [-0.3, -0.25) is 0 Å². The maximum absolute atomic E-state index is 5.42. The summed E-state index contributed by atoms with van der Waals surface area (Å²) in [5.74, 6) is 6.77. The molecule has 104 valence electrons. The molecule has 0 bridgehead atoms. The van der Waals surface area contributed by atoms with Crippen molar-refractivity contribution in [3.63, 3.8) is 0 Å². The van der Waals surface area contributed by atoms with Crippen LogP contribution in [0.5, 0.6) is 0 Å². The Balaban J connectivity index is 1.86. The Kier molecular flexibility index (Phi) is 3.56. The summed E-state index contributed by atoms with van der Waals surface area (Å²) in [5, 5.41) is 0. The van der Waals surface area contributed by atoms with E-state index in [2.05, 4.69) is 46.5 Å². The molecule has 0 radical (unpaired) electrons. The Bertz CT molecular complexity index is 597. The Labute approximate surface area is 119 Å². The predicted molar refractivity (Wildman–Crippen MR) is 82.6 cm³/mol. The second kappa shape index (κ2) is 5.51. The van der Waals surface area contributed by atoms with E-state index in [0.717, 1.165) is 13.1 Å². The number of nitrogen functional groups attached to an aromatic ring is 1. The molecule has 1 atom stereocenters. The average molecular weight is 268 g/mol. The van der Waals surface area contributed by atoms with Crippen LogP contribution in [0, 0.1) is 0 Å². The maximum Gasteiger partial charge on any atom is 0.140 e. The van der Waals surface area contributed by atoms with Crippen LogP contribution in [0.2, 0.25) is 0 Å². The Hall–Kier alpha value is -2.07. The van der Waals surface area contributed by atoms with E-state index in [9.17, 15) is 0 Å². The quantitative estimate of drug-likeness (QED) is 0.664. The van der Waals surface area contributed by atoms with Crippen LogP contribution >= 0.6 is 0 Å². The third kappa shape index (κ3) is 2.47. The molecule has 0 spiro atoms. The molecule has 1 aromatic heterocycles. The minimum absolute atomic E-state index is 0.640. The molecule has 2 aromatic rings. The van der Waals surface area contributed by atoms with Gasteiger partial charge >= 0.3 is 0 Å². The van der Waals surface area contributed by atoms with E-state index in [-0.39, 0.29) is 0 Å². The zero-order valence-corrected chi connectivity index (χ0v) is 11.7. The highest BCUT2D eigenvalue weighted by molar-refractivity contribution is 5.57. The van der Waals surface area contributed by atoms with Crippen LogP contribution in [0.15, 0.2) is 42.6 Å². The number of rotatable bonds is 3. The monoisotopic (exact) mass is 268 g/mol. The van der Waals surface area contributed by atoms with Gasteiger partial charge in [0.15, 0.2) is 0 Å². The molecule has 2 heterocycles. The van der Waals surface area contributed by atoms with E-state index in [1.54, 1.807) is 6.20 Å². The lowest BCUT2D eigenvalue weighted by atomic mass is 9.91. The normalized spacial score (nSPS) is 17.7. The van der Waals surface area contributed by atoms with E-state index >= 15 is 0 Å². The third-order valence-corrected chi connectivity index (χ3v) is 3.99. The fourth-order valence-corrected chi connectivity index (χ4v) is 2.85. The van der Waals surface area contributed by atoms with Crippen molar-refractivity contribution in [1.82, 2.24) is 4.98 Å². The van der Waals surface area contributed by atoms with E-state index in [1.807, 2.05) is 12.1 Å². The molecular weight excluding hydrogens is 248 g/mol. The number of nitrogens with zero attached hydrogens (tertiary/aromatic N) is 2. The number of nitrogens with one attached hydrogen (secondary N) is 1. The number of fused-ring (bicyclic) bond motifs is 1. The third-order valence-electron chi connectivity index (χ3n) is 3.99. The van der Waals surface area contributed by atoms with E-state index in [0.29, 0.717) is 11.7 Å². The van der Waals surface area contributed by atoms with Gasteiger partial charge in [0, 0.05) is 25.0 Å². The summed E-state index contributed by atoms with van der Waals surface area (Å²) in [6, 6.07) is 12.7. The molecule has 0 saturated carbocycles. The van der Waals surface area contributed by atoms with Crippen molar-refractivity contribution < 1.29 is 0 Å². The standard InChI is InChI=1S/C16H20N4/c1-12-7-9-20(15-5-3-2-4-14(12)15)11-13-6-8-18-16(10-13)19-17/h2-6,8,10,12H,7,9,11,17H2,1H3,(H,18,19). The number of hydrogen-bond donors (Lipinski definition) is 2. The van der Waals surface area contributed by atoms with Gasteiger partial charge in [0.1, 0.15) is 5.82 Å². The summed E-state index contributed by atoms with van der Waals surface area (Å²) >= 11 is 0. The first kappa shape index (κ1) is 12.9. The van der Waals surface area contributed by atoms with Crippen LogP contribution in [-0.2, 0) is 6.54 Å². The lowest BCUT2D eigenvalue weighted by molar-refractivity contribution is 0.609. The molecule has 3 rings (SSSR count). The second-order valence-corrected chi connectivity index (χ2v) is 5.36. The van der Waals surface area contributed by atoms with Crippen LogP contribution in [0.4, 0.5) is 11.5 Å². The smallest absolute Gasteiger partial charge is 0.140 e. The first-order valence-electron chi connectivity index (χ1n) is 7.03. The van der Waals surface area contributed by atoms with Crippen molar-refractivity contribution in [2.45, 2.75) is 25.8 Å². The van der Waals surface area contributed by atoms with Crippen molar-refractivity contribution >= 4 is 11.5 Å². The molecule has 0 saturated heterocycles. The van der Waals surface area contributed by atoms with E-state index in [1.165, 1.54) is 23.2 Å². The first-order chi connectivity index (χ1) is 9.78. The number of aromatic nitrogens is 1. The fourth-order valence-electron chi connectivity index (χ4n) is 2.85. The maximum atomic E-state index is 5.42. The molecule has 3 N–H and O–H groups in total. The minimum Gasteiger partial charge on any atom is -0.367 e. The SMILES string of the molecule is CC1CCN(Cc2ccnc(NN)c2)c2ccccc21. The molecule has 4 nitrogen and oxygen atoms in total. The van der Waals surface area contributed by atoms with Crippen LogP contribution in [0.25, 0.3) is 0 Å². The highest BCUT2D eigenvalue weighted by atomic mass is 15.2. The van der Waals surface area contributed by atoms with Gasteiger partial charge in [0.25, 0.3) is 0 Å². The number of pyridine rings is 1. The van der Waals surface area contributed by atoms with Gasteiger partial charge in [-0.25, -0.2) is 10.8 Å². The summed E-state index contributed by atoms with van der Waals surface area (Å²) in [6.45, 7) is 4.28. The van der Waals surface area contributed by atoms with Crippen LogP contribution < -0.4 is 16.2 Å². The number of anilines is 2. The fraction of sp³-hybridized carbons (Fsp3) is 0.312. The average Bonchev–Trinajstić information content (AvgIpc) is 2.51. The molecule has 4 heteroatoms. The molecule has 1 aromatic carbocycles. The molecule has 1 unspecified atom stereocenters. The van der Waals surface area contributed by atoms with Gasteiger partial charge in [0.2, 0.25) is 0 Å². The van der Waals surface area contributed by atoms with Crippen molar-refractivity contribution in [1.29, 1.82) is 0 Å². The van der Waals surface area contributed by atoms with Gasteiger partial charge in [-0.1, -0.05) is 25.1 Å². The van der Waals surface area contributed by atoms with Gasteiger partial charge in [-0.05, 0) is 41.7 Å². The lowest BCUT2D eigenvalue weighted by Crippen LogP contribution is -2.30. The molecular formula is C16H20N4. The Morgan fingerprint density at radius 3 is 3.05 bits per heavy atom. The molecule has 0 fully saturated rings. The van der Waals surface area contributed by atoms with Crippen molar-refractivity contribution in [2.75, 3.05) is 16.9 Å². The van der Waals surface area contributed by atoms with Gasteiger partial charge in [-0.15, -0.1) is 0 Å². The highest BCUT2D eigenvalue weighted by Crippen LogP contribution is 2.35. The summed E-state index contributed by atoms with van der Waals surface area (Å²) in [5.41, 5.74) is 6.62. The van der Waals surface area contributed by atoms with Crippen LogP contribution in [0.1, 0.15) is 30.4 Å². The largest absolute Gasteiger partial charge is 0.367 e. The topological polar surface area (TPSA) is 54.2 Å². The zero-order chi connectivity index (χ0) is 13.9. The van der Waals surface area contributed by atoms with Crippen LogP contribution in [0.3, 0.4) is 0 Å². The molecule has 0 aliphatic carbocycles. The number of para-hydroxylation sites is 1. The first-order valence-corrected chi connectivity index (χ1v) is 7.03. The van der Waals surface area contributed by atoms with Gasteiger partial charge in [-0.2, -0.15) is 0 Å². The highest BCUT2D eigenvalue weighted by Gasteiger charge is 2.21. The van der Waals surface area contributed by atoms with Gasteiger partial charge < -0.3 is 10.3 Å². The molecule has 1 aliphatic heterocycles. The van der Waals surface area contributed by atoms with Crippen molar-refractivity contribution in [3.05, 3.63) is 53.7 Å². The number of nitrogens with two attached hydrogens (primary N) is 1. The molecule has 20 heavy (non-hydrogen) atoms. The van der Waals surface area contributed by atoms with Crippen molar-refractivity contribution in [3.8, 4) is 0 Å². The van der Waals surface area contributed by atoms with Crippen LogP contribution in [-0.4, -0.2) is 11.5 Å². The Morgan fingerprint density at radius 2 is 2.20 bits per heavy atom. The van der Waals surface area contributed by atoms with Gasteiger partial charge in [0.05, 0.1) is 0 Å². The predicted octanol–water partition coefficient (Wildman–Crippen LogP) is 2.88. The number of hydrogen-bond acceptors (Lipinski definition) is 4. The van der Waals surface area contributed by atoms with E-state index < -0.39 is 0 Å². The lowest BCUT2D eigenvalue weighted by Gasteiger charge is -2.34. The van der Waals surface area contributed by atoms with E-state index in [4.69, 9.17) is 5.84 Å². The Morgan fingerprint density at radius 1 is 1.35 bits per heavy atom. The number of benzene rings is 1. The van der Waals surface area contributed by atoms with Crippen molar-refractivity contribution in [2.24, 2.45) is 5.84 Å². The second-order valence-electron chi connectivity index (χ2n) is 5.36. The molecule has 0 amide bonds. The minimum atomic E-state index is 0.640. The summed E-state index contributed by atoms with van der Waals surface area (Å²) < 4.78 is 0. The summed E-state index contributed by atoms with van der Waals surface area (Å²) in [7, 11) is 0. The zero-order valence-electron chi connectivity index (χ0n) is 11.7. The summed E-state index contributed by atoms with van der Waals surface area (Å²) in [4.78, 5) is 6.59. The number of hydrazine groups is 1. The summed E-state index contributed by atoms with van der Waals surface area (Å²) in [6.07, 6.45) is 2.99.